The highest BCUT2D eigenvalue weighted by Crippen LogP contribution is 2.54. The Balaban J connectivity index is 1.17. The lowest BCUT2D eigenvalue weighted by Gasteiger charge is -2.46. The third-order valence-electron chi connectivity index (χ3n) is 15.1. The highest BCUT2D eigenvalue weighted by molar-refractivity contribution is 8.08. The number of nitrogens with zero attached hydrogens (tertiary/aromatic N) is 2. The van der Waals surface area contributed by atoms with E-state index >= 15 is 0 Å². The summed E-state index contributed by atoms with van der Waals surface area (Å²) in [5.74, 6) is 0. The molecule has 0 bridgehead atoms. The maximum atomic E-state index is 6.59. The summed E-state index contributed by atoms with van der Waals surface area (Å²) >= 11 is 1.86. The van der Waals surface area contributed by atoms with Gasteiger partial charge in [-0.25, -0.2) is 0 Å². The minimum absolute atomic E-state index is 0.0396. The zero-order valence-corrected chi connectivity index (χ0v) is 37.9. The molecule has 7 aromatic carbocycles. The van der Waals surface area contributed by atoms with E-state index in [0.717, 1.165) is 33.9 Å². The van der Waals surface area contributed by atoms with Crippen molar-refractivity contribution in [2.24, 2.45) is 0 Å². The van der Waals surface area contributed by atoms with Crippen molar-refractivity contribution in [1.82, 2.24) is 4.57 Å². The van der Waals surface area contributed by atoms with E-state index in [9.17, 15) is 0 Å². The normalized spacial score (nSPS) is 16.9. The zero-order valence-electron chi connectivity index (χ0n) is 37.1. The van der Waals surface area contributed by atoms with Crippen molar-refractivity contribution in [2.75, 3.05) is 4.81 Å². The van der Waals surface area contributed by atoms with E-state index in [4.69, 9.17) is 11.0 Å². The van der Waals surface area contributed by atoms with Crippen molar-refractivity contribution in [3.63, 3.8) is 0 Å². The van der Waals surface area contributed by atoms with Crippen LogP contribution in [0.3, 0.4) is 0 Å². The Morgan fingerprint density at radius 1 is 0.651 bits per heavy atom. The molecule has 0 fully saturated rings. The molecule has 0 amide bonds. The van der Waals surface area contributed by atoms with Gasteiger partial charge in [0.2, 0.25) is 0 Å². The number of anilines is 2. The lowest BCUT2D eigenvalue weighted by atomic mass is 9.43. The van der Waals surface area contributed by atoms with Gasteiger partial charge in [0, 0.05) is 54.0 Å². The van der Waals surface area contributed by atoms with E-state index in [1.165, 1.54) is 105 Å². The van der Waals surface area contributed by atoms with Gasteiger partial charge in [0.05, 0.1) is 11.0 Å². The zero-order chi connectivity index (χ0) is 42.9. The number of rotatable bonds is 2. The number of hydrogen-bond donors (Lipinski definition) is 0. The molecule has 0 unspecified atom stereocenters. The molecular formula is C58H49BN2OS. The summed E-state index contributed by atoms with van der Waals surface area (Å²) in [6.07, 6.45) is 4.62. The van der Waals surface area contributed by atoms with Crippen LogP contribution >= 0.6 is 11.8 Å². The summed E-state index contributed by atoms with van der Waals surface area (Å²) in [5.41, 5.74) is 21.3. The average molecular weight is 833 g/mol. The number of para-hydroxylation sites is 1. The number of furan rings is 1. The summed E-state index contributed by atoms with van der Waals surface area (Å²) in [6, 6.07) is 48.4. The molecule has 9 aromatic rings. The molecule has 0 radical (unpaired) electrons. The van der Waals surface area contributed by atoms with E-state index in [0.29, 0.717) is 0 Å². The third-order valence-corrected chi connectivity index (χ3v) is 16.3. The molecule has 306 valence electrons. The average Bonchev–Trinajstić information content (AvgIpc) is 3.81. The van der Waals surface area contributed by atoms with E-state index in [-0.39, 0.29) is 23.1 Å². The van der Waals surface area contributed by atoms with Crippen molar-refractivity contribution < 1.29 is 4.42 Å². The molecule has 13 rings (SSSR count). The predicted octanol–water partition coefficient (Wildman–Crippen LogP) is 14.7. The molecule has 0 saturated carbocycles. The first-order valence-corrected chi connectivity index (χ1v) is 23.4. The standard InChI is InChI=1S/C58H49BN2OS/c1-33-26-52(34-14-10-9-11-15-34)63-53-32-49-46(28-40(33)53)59-54-38(22-23-39-42-30-51-43(29-47(42)60(49)55(39)54)37-16-12-13-17-50(37)62-51)41-27-44-45(58(7,8)25-24-57(44,5)6)31-48(41)61(59)36-20-18-35(19-21-36)56(2,3)4/h9-23,26-32H,1,24-25H2,2-8H3. The molecule has 5 heteroatoms. The minimum Gasteiger partial charge on any atom is -0.456 e. The van der Waals surface area contributed by atoms with Gasteiger partial charge >= 0.3 is 6.85 Å². The summed E-state index contributed by atoms with van der Waals surface area (Å²) in [7, 11) is 0. The molecule has 3 aliphatic heterocycles. The van der Waals surface area contributed by atoms with Gasteiger partial charge in [0.1, 0.15) is 11.2 Å². The van der Waals surface area contributed by atoms with Crippen LogP contribution in [0.25, 0.3) is 71.0 Å². The molecule has 3 nitrogen and oxygen atoms in total. The van der Waals surface area contributed by atoms with E-state index in [1.54, 1.807) is 0 Å². The van der Waals surface area contributed by atoms with Crippen LogP contribution in [0, 0.1) is 0 Å². The van der Waals surface area contributed by atoms with E-state index in [2.05, 4.69) is 191 Å². The SMILES string of the molecule is C=C1C=C(c2ccccc2)Sc2cc3c(cc21)B1c2c(ccc4c5cc6oc7ccccc7c6cc5n-3c24)-c2cc3c(cc2N1c1ccc(C(C)(C)C)cc1)C(C)(C)CCC3(C)C. The number of allylic oxidation sites excluding steroid dienone is 2. The van der Waals surface area contributed by atoms with Crippen molar-refractivity contribution in [2.45, 2.75) is 82.4 Å². The van der Waals surface area contributed by atoms with Crippen molar-refractivity contribution in [3.05, 3.63) is 168 Å². The van der Waals surface area contributed by atoms with E-state index in [1.807, 2.05) is 11.8 Å². The molecular weight excluding hydrogens is 784 g/mol. The van der Waals surface area contributed by atoms with Crippen molar-refractivity contribution in [3.8, 4) is 16.8 Å². The number of benzene rings is 7. The molecule has 0 N–H and O–H groups in total. The number of aromatic nitrogens is 1. The molecule has 0 spiro atoms. The maximum Gasteiger partial charge on any atom is 0.333 e. The Morgan fingerprint density at radius 2 is 1.38 bits per heavy atom. The van der Waals surface area contributed by atoms with Crippen LogP contribution in [0.15, 0.2) is 149 Å². The summed E-state index contributed by atoms with van der Waals surface area (Å²) in [5, 5.41) is 4.76. The van der Waals surface area contributed by atoms with Crippen molar-refractivity contribution >= 4 is 95.1 Å². The number of hydrogen-bond acceptors (Lipinski definition) is 3. The first-order valence-electron chi connectivity index (χ1n) is 22.6. The smallest absolute Gasteiger partial charge is 0.333 e. The predicted molar refractivity (Wildman–Crippen MR) is 270 cm³/mol. The Bertz CT molecular complexity index is 3540. The largest absolute Gasteiger partial charge is 0.456 e. The molecule has 2 aromatic heterocycles. The first-order chi connectivity index (χ1) is 30.2. The number of thioether (sulfide) groups is 1. The monoisotopic (exact) mass is 832 g/mol. The number of fused-ring (bicyclic) bond motifs is 13. The van der Waals surface area contributed by atoms with Gasteiger partial charge in [0.15, 0.2) is 0 Å². The van der Waals surface area contributed by atoms with Crippen LogP contribution in [-0.4, -0.2) is 11.4 Å². The van der Waals surface area contributed by atoms with E-state index < -0.39 is 0 Å². The van der Waals surface area contributed by atoms with Crippen LogP contribution in [0.5, 0.6) is 0 Å². The Hall–Kier alpha value is -6.17. The van der Waals surface area contributed by atoms with Gasteiger partial charge < -0.3 is 13.8 Å². The lowest BCUT2D eigenvalue weighted by Crippen LogP contribution is -2.60. The lowest BCUT2D eigenvalue weighted by molar-refractivity contribution is 0.332. The van der Waals surface area contributed by atoms with Crippen molar-refractivity contribution in [1.29, 1.82) is 0 Å². The van der Waals surface area contributed by atoms with Crippen LogP contribution in [0.4, 0.5) is 11.4 Å². The summed E-state index contributed by atoms with van der Waals surface area (Å²) in [4.78, 5) is 5.17. The fourth-order valence-electron chi connectivity index (χ4n) is 11.6. The summed E-state index contributed by atoms with van der Waals surface area (Å²) < 4.78 is 9.20. The fraction of sp³-hybridized carbons (Fsp3) is 0.207. The van der Waals surface area contributed by atoms with Crippen LogP contribution < -0.4 is 15.7 Å². The molecule has 0 atom stereocenters. The van der Waals surface area contributed by atoms with Crippen LogP contribution in [0.2, 0.25) is 0 Å². The van der Waals surface area contributed by atoms with Gasteiger partial charge in [-0.2, -0.15) is 0 Å². The second kappa shape index (κ2) is 12.5. The molecule has 1 aliphatic carbocycles. The minimum atomic E-state index is -0.0901. The van der Waals surface area contributed by atoms with Gasteiger partial charge in [-0.3, -0.25) is 0 Å². The second-order valence-corrected chi connectivity index (χ2v) is 22.0. The third kappa shape index (κ3) is 5.17. The van der Waals surface area contributed by atoms with Crippen LogP contribution in [0.1, 0.15) is 89.1 Å². The summed E-state index contributed by atoms with van der Waals surface area (Å²) in [6.45, 7) is 21.4. The second-order valence-electron chi connectivity index (χ2n) is 20.9. The Morgan fingerprint density at radius 3 is 2.14 bits per heavy atom. The maximum absolute atomic E-state index is 6.59. The Kier molecular flexibility index (Phi) is 7.43. The first kappa shape index (κ1) is 37.4. The molecule has 5 heterocycles. The quantitative estimate of drug-likeness (QED) is 0.162. The molecule has 63 heavy (non-hydrogen) atoms. The van der Waals surface area contributed by atoms with Gasteiger partial charge in [-0.15, -0.1) is 0 Å². The molecule has 0 saturated heterocycles. The topological polar surface area (TPSA) is 21.3 Å². The highest BCUT2D eigenvalue weighted by Gasteiger charge is 2.47. The molecule has 4 aliphatic rings. The van der Waals surface area contributed by atoms with Gasteiger partial charge in [-0.05, 0) is 134 Å². The van der Waals surface area contributed by atoms with Gasteiger partial charge in [0.25, 0.3) is 0 Å². The Labute approximate surface area is 374 Å². The fourth-order valence-corrected chi connectivity index (χ4v) is 12.7. The highest BCUT2D eigenvalue weighted by atomic mass is 32.2. The van der Waals surface area contributed by atoms with Crippen LogP contribution in [-0.2, 0) is 16.2 Å². The van der Waals surface area contributed by atoms with Gasteiger partial charge in [-0.1, -0.05) is 146 Å².